The van der Waals surface area contributed by atoms with Crippen LogP contribution in [0.25, 0.3) is 0 Å². The first-order chi connectivity index (χ1) is 4.86. The first kappa shape index (κ1) is 7.55. The summed E-state index contributed by atoms with van der Waals surface area (Å²) in [6, 6.07) is 0. The van der Waals surface area contributed by atoms with Gasteiger partial charge in [0.05, 0.1) is 6.10 Å². The molecule has 1 nitrogen and oxygen atoms in total. The molecule has 1 heteroatoms. The molecule has 1 rings (SSSR count). The van der Waals surface area contributed by atoms with Crippen LogP contribution >= 0.6 is 0 Å². The lowest BCUT2D eigenvalue weighted by Gasteiger charge is -2.25. The molecule has 0 bridgehead atoms. The molecule has 0 aromatic carbocycles. The lowest BCUT2D eigenvalue weighted by molar-refractivity contribution is 0.0303. The minimum absolute atomic E-state index is 0.261. The van der Waals surface area contributed by atoms with Gasteiger partial charge in [-0.1, -0.05) is 12.2 Å². The largest absolute Gasteiger partial charge is 0.374 e. The first-order valence-corrected chi connectivity index (χ1v) is 3.73. The maximum Gasteiger partial charge on any atom is 0.0758 e. The van der Waals surface area contributed by atoms with E-state index in [0.717, 1.165) is 19.4 Å². The predicted octanol–water partition coefficient (Wildman–Crippen LogP) is 2.15. The van der Waals surface area contributed by atoms with Gasteiger partial charge in [0.15, 0.2) is 0 Å². The van der Waals surface area contributed by atoms with Gasteiger partial charge >= 0.3 is 0 Å². The summed E-state index contributed by atoms with van der Waals surface area (Å²) in [4.78, 5) is 0. The summed E-state index contributed by atoms with van der Waals surface area (Å²) in [5, 5.41) is 0. The molecule has 0 spiro atoms. The van der Waals surface area contributed by atoms with Gasteiger partial charge in [-0.2, -0.15) is 0 Å². The lowest BCUT2D eigenvalue weighted by Crippen LogP contribution is -2.22. The Morgan fingerprint density at radius 3 is 2.70 bits per heavy atom. The average molecular weight is 138 g/mol. The highest BCUT2D eigenvalue weighted by molar-refractivity contribution is 4.90. The SMILES string of the molecule is C=CC1CCOC(C=C)C1. The summed E-state index contributed by atoms with van der Waals surface area (Å²) in [6.07, 6.45) is 6.33. The molecule has 56 valence electrons. The van der Waals surface area contributed by atoms with Crippen molar-refractivity contribution in [3.8, 4) is 0 Å². The van der Waals surface area contributed by atoms with Crippen molar-refractivity contribution in [2.24, 2.45) is 5.92 Å². The van der Waals surface area contributed by atoms with Crippen LogP contribution in [0.3, 0.4) is 0 Å². The quantitative estimate of drug-likeness (QED) is 0.531. The van der Waals surface area contributed by atoms with E-state index in [4.69, 9.17) is 4.74 Å². The minimum atomic E-state index is 0.261. The number of ether oxygens (including phenoxy) is 1. The molecule has 0 N–H and O–H groups in total. The lowest BCUT2D eigenvalue weighted by atomic mass is 9.96. The smallest absolute Gasteiger partial charge is 0.0758 e. The summed E-state index contributed by atoms with van der Waals surface area (Å²) < 4.78 is 5.39. The molecule has 2 unspecified atom stereocenters. The van der Waals surface area contributed by atoms with Crippen LogP contribution in [0.4, 0.5) is 0 Å². The summed E-state index contributed by atoms with van der Waals surface area (Å²) >= 11 is 0. The third kappa shape index (κ3) is 1.71. The highest BCUT2D eigenvalue weighted by Gasteiger charge is 2.16. The molecule has 1 aliphatic rings. The fraction of sp³-hybridized carbons (Fsp3) is 0.556. The zero-order valence-electron chi connectivity index (χ0n) is 6.25. The summed E-state index contributed by atoms with van der Waals surface area (Å²) in [5.41, 5.74) is 0. The first-order valence-electron chi connectivity index (χ1n) is 3.73. The van der Waals surface area contributed by atoms with Crippen LogP contribution in [-0.2, 0) is 4.74 Å². The minimum Gasteiger partial charge on any atom is -0.374 e. The van der Waals surface area contributed by atoms with Crippen molar-refractivity contribution >= 4 is 0 Å². The van der Waals surface area contributed by atoms with E-state index in [1.165, 1.54) is 0 Å². The van der Waals surface area contributed by atoms with Crippen molar-refractivity contribution < 1.29 is 4.74 Å². The zero-order valence-corrected chi connectivity index (χ0v) is 6.25. The second-order valence-corrected chi connectivity index (χ2v) is 2.67. The van der Waals surface area contributed by atoms with Crippen molar-refractivity contribution in [3.05, 3.63) is 25.3 Å². The van der Waals surface area contributed by atoms with Gasteiger partial charge in [-0.25, -0.2) is 0 Å². The standard InChI is InChI=1S/C9H14O/c1-3-8-5-6-10-9(4-2)7-8/h3-4,8-9H,1-2,5-7H2. The third-order valence-corrected chi connectivity index (χ3v) is 1.95. The molecular formula is C9H14O. The molecule has 0 aromatic heterocycles. The van der Waals surface area contributed by atoms with Gasteiger partial charge in [0.1, 0.15) is 0 Å². The molecule has 0 saturated carbocycles. The maximum absolute atomic E-state index is 5.39. The van der Waals surface area contributed by atoms with Gasteiger partial charge in [0, 0.05) is 6.61 Å². The van der Waals surface area contributed by atoms with E-state index in [-0.39, 0.29) is 6.10 Å². The molecule has 0 aromatic rings. The van der Waals surface area contributed by atoms with E-state index >= 15 is 0 Å². The van der Waals surface area contributed by atoms with Gasteiger partial charge in [0.2, 0.25) is 0 Å². The predicted molar refractivity (Wildman–Crippen MR) is 42.9 cm³/mol. The summed E-state index contributed by atoms with van der Waals surface area (Å²) in [7, 11) is 0. The molecule has 2 atom stereocenters. The Bertz CT molecular complexity index is 115. The van der Waals surface area contributed by atoms with Crippen molar-refractivity contribution in [1.29, 1.82) is 0 Å². The highest BCUT2D eigenvalue weighted by Crippen LogP contribution is 2.20. The Hall–Kier alpha value is -0.560. The van der Waals surface area contributed by atoms with Crippen LogP contribution in [0.5, 0.6) is 0 Å². The van der Waals surface area contributed by atoms with E-state index in [1.807, 2.05) is 12.2 Å². The molecular weight excluding hydrogens is 124 g/mol. The fourth-order valence-corrected chi connectivity index (χ4v) is 1.23. The Kier molecular flexibility index (Phi) is 2.69. The van der Waals surface area contributed by atoms with Gasteiger partial charge in [0.25, 0.3) is 0 Å². The number of rotatable bonds is 2. The van der Waals surface area contributed by atoms with E-state index in [2.05, 4.69) is 13.2 Å². The Morgan fingerprint density at radius 2 is 2.10 bits per heavy atom. The van der Waals surface area contributed by atoms with E-state index in [9.17, 15) is 0 Å². The Labute approximate surface area is 62.4 Å². The molecule has 10 heavy (non-hydrogen) atoms. The van der Waals surface area contributed by atoms with Crippen molar-refractivity contribution in [2.45, 2.75) is 18.9 Å². The molecule has 0 radical (unpaired) electrons. The van der Waals surface area contributed by atoms with Crippen molar-refractivity contribution in [1.82, 2.24) is 0 Å². The zero-order chi connectivity index (χ0) is 7.40. The number of hydrogen-bond acceptors (Lipinski definition) is 1. The number of allylic oxidation sites excluding steroid dienone is 1. The monoisotopic (exact) mass is 138 g/mol. The average Bonchev–Trinajstić information content (AvgIpc) is 2.05. The third-order valence-electron chi connectivity index (χ3n) is 1.95. The van der Waals surface area contributed by atoms with Gasteiger partial charge < -0.3 is 4.74 Å². The molecule has 0 aliphatic carbocycles. The van der Waals surface area contributed by atoms with Gasteiger partial charge in [-0.15, -0.1) is 13.2 Å². The van der Waals surface area contributed by atoms with Crippen LogP contribution < -0.4 is 0 Å². The van der Waals surface area contributed by atoms with Crippen LogP contribution in [0.1, 0.15) is 12.8 Å². The number of hydrogen-bond donors (Lipinski definition) is 0. The van der Waals surface area contributed by atoms with Crippen molar-refractivity contribution in [3.63, 3.8) is 0 Å². The van der Waals surface area contributed by atoms with E-state index < -0.39 is 0 Å². The molecule has 0 amide bonds. The molecule has 1 heterocycles. The fourth-order valence-electron chi connectivity index (χ4n) is 1.23. The molecule has 1 fully saturated rings. The summed E-state index contributed by atoms with van der Waals surface area (Å²) in [5.74, 6) is 0.636. The Balaban J connectivity index is 2.38. The van der Waals surface area contributed by atoms with Gasteiger partial charge in [-0.05, 0) is 18.8 Å². The van der Waals surface area contributed by atoms with Crippen LogP contribution in [-0.4, -0.2) is 12.7 Å². The Morgan fingerprint density at radius 1 is 1.30 bits per heavy atom. The normalized spacial score (nSPS) is 33.2. The second kappa shape index (κ2) is 3.57. The molecule has 1 aliphatic heterocycles. The van der Waals surface area contributed by atoms with Crippen LogP contribution in [0.2, 0.25) is 0 Å². The molecule has 1 saturated heterocycles. The highest BCUT2D eigenvalue weighted by atomic mass is 16.5. The summed E-state index contributed by atoms with van der Waals surface area (Å²) in [6.45, 7) is 8.31. The van der Waals surface area contributed by atoms with Crippen LogP contribution in [0.15, 0.2) is 25.3 Å². The topological polar surface area (TPSA) is 9.23 Å². The van der Waals surface area contributed by atoms with Gasteiger partial charge in [-0.3, -0.25) is 0 Å². The second-order valence-electron chi connectivity index (χ2n) is 2.67. The van der Waals surface area contributed by atoms with E-state index in [1.54, 1.807) is 0 Å². The maximum atomic E-state index is 5.39. The van der Waals surface area contributed by atoms with Crippen molar-refractivity contribution in [2.75, 3.05) is 6.61 Å². The van der Waals surface area contributed by atoms with E-state index in [0.29, 0.717) is 5.92 Å². The van der Waals surface area contributed by atoms with Crippen LogP contribution in [0, 0.1) is 5.92 Å².